The Labute approximate surface area is 135 Å². The molecule has 0 atom stereocenters. The normalized spacial score (nSPS) is 16.2. The number of hydrogen-bond donors (Lipinski definition) is 0. The van der Waals surface area contributed by atoms with Crippen LogP contribution in [-0.2, 0) is 10.8 Å². The number of anilines is 1. The number of aromatic nitrogens is 2. The van der Waals surface area contributed by atoms with Crippen molar-refractivity contribution >= 4 is 39.8 Å². The zero-order valence-electron chi connectivity index (χ0n) is 11.1. The third-order valence-corrected chi connectivity index (χ3v) is 5.47. The van der Waals surface area contributed by atoms with Crippen LogP contribution in [0.1, 0.15) is 0 Å². The maximum Gasteiger partial charge on any atom is 0.151 e. The Morgan fingerprint density at radius 3 is 2.48 bits per heavy atom. The highest BCUT2D eigenvalue weighted by Gasteiger charge is 2.17. The van der Waals surface area contributed by atoms with E-state index < -0.39 is 10.8 Å². The molecule has 0 unspecified atom stereocenters. The monoisotopic (exact) mass is 341 g/mol. The molecule has 0 bridgehead atoms. The maximum absolute atomic E-state index is 11.4. The van der Waals surface area contributed by atoms with Gasteiger partial charge in [0.2, 0.25) is 0 Å². The van der Waals surface area contributed by atoms with Crippen molar-refractivity contribution in [3.05, 3.63) is 40.4 Å². The average molecular weight is 342 g/mol. The van der Waals surface area contributed by atoms with Gasteiger partial charge in [-0.05, 0) is 18.2 Å². The molecule has 0 spiro atoms. The number of hydrogen-bond acceptors (Lipinski definition) is 4. The molecule has 0 N–H and O–H groups in total. The third kappa shape index (κ3) is 3.20. The van der Waals surface area contributed by atoms with Gasteiger partial charge in [0.05, 0.1) is 15.7 Å². The average Bonchev–Trinajstić information content (AvgIpc) is 2.51. The van der Waals surface area contributed by atoms with E-state index in [9.17, 15) is 4.21 Å². The molecule has 2 heterocycles. The second-order valence-corrected chi connectivity index (χ2v) is 7.19. The Kier molecular flexibility index (Phi) is 4.42. The van der Waals surface area contributed by atoms with Crippen molar-refractivity contribution in [2.75, 3.05) is 29.5 Å². The number of rotatable bonds is 2. The minimum Gasteiger partial charge on any atom is -0.353 e. The molecule has 0 aliphatic carbocycles. The lowest BCUT2D eigenvalue weighted by atomic mass is 10.1. The number of nitrogens with zero attached hydrogens (tertiary/aromatic N) is 3. The zero-order chi connectivity index (χ0) is 14.8. The molecule has 0 radical (unpaired) electrons. The van der Waals surface area contributed by atoms with Crippen LogP contribution in [0.15, 0.2) is 30.3 Å². The highest BCUT2D eigenvalue weighted by Crippen LogP contribution is 2.32. The van der Waals surface area contributed by atoms with Crippen molar-refractivity contribution in [3.8, 4) is 11.3 Å². The second-order valence-electron chi connectivity index (χ2n) is 4.71. The molecule has 110 valence electrons. The summed E-state index contributed by atoms with van der Waals surface area (Å²) in [7, 11) is -0.696. The van der Waals surface area contributed by atoms with E-state index in [4.69, 9.17) is 23.2 Å². The fraction of sp³-hybridized carbons (Fsp3) is 0.286. The molecule has 1 aromatic carbocycles. The fourth-order valence-corrected chi connectivity index (χ4v) is 3.66. The van der Waals surface area contributed by atoms with Crippen LogP contribution >= 0.6 is 23.2 Å². The molecule has 21 heavy (non-hydrogen) atoms. The van der Waals surface area contributed by atoms with Gasteiger partial charge in [0, 0.05) is 41.0 Å². The first kappa shape index (κ1) is 14.8. The van der Waals surface area contributed by atoms with Crippen LogP contribution in [0.25, 0.3) is 11.3 Å². The summed E-state index contributed by atoms with van der Waals surface area (Å²) < 4.78 is 11.4. The molecule has 1 aliphatic heterocycles. The van der Waals surface area contributed by atoms with Gasteiger partial charge in [-0.2, -0.15) is 0 Å². The van der Waals surface area contributed by atoms with Gasteiger partial charge in [-0.15, -0.1) is 10.2 Å². The summed E-state index contributed by atoms with van der Waals surface area (Å²) in [4.78, 5) is 2.09. The van der Waals surface area contributed by atoms with Gasteiger partial charge in [-0.3, -0.25) is 4.21 Å². The summed E-state index contributed by atoms with van der Waals surface area (Å²) in [5.41, 5.74) is 1.45. The summed E-state index contributed by atoms with van der Waals surface area (Å²) in [6.45, 7) is 1.50. The van der Waals surface area contributed by atoms with E-state index in [0.717, 1.165) is 24.5 Å². The molecule has 1 aliphatic rings. The van der Waals surface area contributed by atoms with Crippen molar-refractivity contribution < 1.29 is 4.21 Å². The molecule has 4 nitrogen and oxygen atoms in total. The van der Waals surface area contributed by atoms with Crippen LogP contribution in [0.5, 0.6) is 0 Å². The summed E-state index contributed by atoms with van der Waals surface area (Å²) >= 11 is 12.2. The summed E-state index contributed by atoms with van der Waals surface area (Å²) in [6.07, 6.45) is 0. The Morgan fingerprint density at radius 2 is 1.81 bits per heavy atom. The molecule has 7 heteroatoms. The largest absolute Gasteiger partial charge is 0.353 e. The minimum absolute atomic E-state index is 0.481. The van der Waals surface area contributed by atoms with E-state index in [1.807, 2.05) is 24.3 Å². The Morgan fingerprint density at radius 1 is 1.05 bits per heavy atom. The van der Waals surface area contributed by atoms with Crippen LogP contribution in [0.3, 0.4) is 0 Å². The first-order valence-electron chi connectivity index (χ1n) is 6.53. The summed E-state index contributed by atoms with van der Waals surface area (Å²) in [5.74, 6) is 2.17. The Bertz CT molecular complexity index is 668. The van der Waals surface area contributed by atoms with Crippen molar-refractivity contribution in [1.82, 2.24) is 10.2 Å². The minimum atomic E-state index is -0.696. The van der Waals surface area contributed by atoms with Gasteiger partial charge in [-0.1, -0.05) is 35.3 Å². The fourth-order valence-electron chi connectivity index (χ4n) is 2.21. The lowest BCUT2D eigenvalue weighted by molar-refractivity contribution is 0.672. The zero-order valence-corrected chi connectivity index (χ0v) is 13.5. The van der Waals surface area contributed by atoms with Crippen LogP contribution < -0.4 is 4.90 Å². The quantitative estimate of drug-likeness (QED) is 0.842. The van der Waals surface area contributed by atoms with E-state index in [2.05, 4.69) is 15.1 Å². The number of benzene rings is 1. The maximum atomic E-state index is 11.4. The first-order valence-corrected chi connectivity index (χ1v) is 8.77. The topological polar surface area (TPSA) is 46.1 Å². The van der Waals surface area contributed by atoms with E-state index in [1.54, 1.807) is 6.07 Å². The van der Waals surface area contributed by atoms with Crippen molar-refractivity contribution in [2.45, 2.75) is 0 Å². The van der Waals surface area contributed by atoms with Gasteiger partial charge in [0.25, 0.3) is 0 Å². The molecule has 2 aromatic rings. The molecule has 1 fully saturated rings. The van der Waals surface area contributed by atoms with Gasteiger partial charge in [0.1, 0.15) is 0 Å². The van der Waals surface area contributed by atoms with E-state index in [1.165, 1.54) is 0 Å². The molecule has 1 aromatic heterocycles. The predicted octanol–water partition coefficient (Wildman–Crippen LogP) is 3.02. The van der Waals surface area contributed by atoms with Crippen LogP contribution in [-0.4, -0.2) is 39.0 Å². The molecule has 0 saturated carbocycles. The SMILES string of the molecule is O=S1CCN(c2ccc(-c3cccc(Cl)c3Cl)nn2)CC1. The molecule has 3 rings (SSSR count). The van der Waals surface area contributed by atoms with Crippen LogP contribution in [0.4, 0.5) is 5.82 Å². The molecular weight excluding hydrogens is 329 g/mol. The Balaban J connectivity index is 1.84. The standard InChI is InChI=1S/C14H13Cl2N3OS/c15-11-3-1-2-10(14(11)16)12-4-5-13(18-17-12)19-6-8-21(20)9-7-19/h1-5H,6-9H2. The first-order chi connectivity index (χ1) is 10.1. The van der Waals surface area contributed by atoms with Crippen LogP contribution in [0.2, 0.25) is 10.0 Å². The summed E-state index contributed by atoms with van der Waals surface area (Å²) in [6, 6.07) is 9.23. The highest BCUT2D eigenvalue weighted by molar-refractivity contribution is 7.85. The predicted molar refractivity (Wildman–Crippen MR) is 87.6 cm³/mol. The van der Waals surface area contributed by atoms with Gasteiger partial charge in [-0.25, -0.2) is 0 Å². The lowest BCUT2D eigenvalue weighted by Gasteiger charge is -2.26. The molecular formula is C14H13Cl2N3OS. The van der Waals surface area contributed by atoms with Crippen LogP contribution in [0, 0.1) is 0 Å². The van der Waals surface area contributed by atoms with Crippen molar-refractivity contribution in [3.63, 3.8) is 0 Å². The van der Waals surface area contributed by atoms with Gasteiger partial charge < -0.3 is 4.90 Å². The summed E-state index contributed by atoms with van der Waals surface area (Å²) in [5, 5.41) is 9.46. The van der Waals surface area contributed by atoms with E-state index in [0.29, 0.717) is 27.2 Å². The lowest BCUT2D eigenvalue weighted by Crippen LogP contribution is -2.38. The Hall–Kier alpha value is -1.17. The molecule has 1 saturated heterocycles. The number of halogens is 2. The second kappa shape index (κ2) is 6.30. The van der Waals surface area contributed by atoms with E-state index >= 15 is 0 Å². The van der Waals surface area contributed by atoms with Crippen molar-refractivity contribution in [2.24, 2.45) is 0 Å². The van der Waals surface area contributed by atoms with Gasteiger partial charge >= 0.3 is 0 Å². The third-order valence-electron chi connectivity index (χ3n) is 3.38. The van der Waals surface area contributed by atoms with E-state index in [-0.39, 0.29) is 0 Å². The molecule has 0 amide bonds. The van der Waals surface area contributed by atoms with Gasteiger partial charge in [0.15, 0.2) is 5.82 Å². The highest BCUT2D eigenvalue weighted by atomic mass is 35.5. The smallest absolute Gasteiger partial charge is 0.151 e. The van der Waals surface area contributed by atoms with Crippen molar-refractivity contribution in [1.29, 1.82) is 0 Å².